The minimum Gasteiger partial charge on any atom is -0.459 e. The van der Waals surface area contributed by atoms with Crippen molar-refractivity contribution in [3.05, 3.63) is 86.6 Å². The number of ether oxygens (including phenoxy) is 1. The van der Waals surface area contributed by atoms with E-state index in [4.69, 9.17) is 20.8 Å². The van der Waals surface area contributed by atoms with Gasteiger partial charge < -0.3 is 14.5 Å². The Morgan fingerprint density at radius 3 is 2.57 bits per heavy atom. The van der Waals surface area contributed by atoms with Crippen molar-refractivity contribution in [3.63, 3.8) is 0 Å². The van der Waals surface area contributed by atoms with Crippen LogP contribution in [0.5, 0.6) is 0 Å². The predicted molar refractivity (Wildman–Crippen MR) is 109 cm³/mol. The third kappa shape index (κ3) is 5.03. The van der Waals surface area contributed by atoms with E-state index in [0.29, 0.717) is 22.1 Å². The van der Waals surface area contributed by atoms with Crippen LogP contribution in [0.15, 0.2) is 59.0 Å². The second-order valence-electron chi connectivity index (χ2n) is 6.35. The summed E-state index contributed by atoms with van der Waals surface area (Å²) in [5.74, 6) is -0.380. The van der Waals surface area contributed by atoms with Gasteiger partial charge >= 0.3 is 5.97 Å². The number of nitro groups is 1. The molecule has 9 heteroatoms. The van der Waals surface area contributed by atoms with E-state index in [2.05, 4.69) is 5.32 Å². The Morgan fingerprint density at radius 1 is 1.13 bits per heavy atom. The maximum atomic E-state index is 12.2. The Balaban J connectivity index is 1.54. The van der Waals surface area contributed by atoms with Crippen LogP contribution in [0.25, 0.3) is 11.3 Å². The van der Waals surface area contributed by atoms with Gasteiger partial charge in [0.05, 0.1) is 11.5 Å². The van der Waals surface area contributed by atoms with Gasteiger partial charge in [-0.05, 0) is 49.4 Å². The second-order valence-corrected chi connectivity index (χ2v) is 6.79. The Morgan fingerprint density at radius 2 is 1.87 bits per heavy atom. The number of nitrogens with zero attached hydrogens (tertiary/aromatic N) is 1. The van der Waals surface area contributed by atoms with E-state index in [1.165, 1.54) is 25.1 Å². The van der Waals surface area contributed by atoms with Crippen molar-refractivity contribution in [2.24, 2.45) is 0 Å². The van der Waals surface area contributed by atoms with E-state index >= 15 is 0 Å². The summed E-state index contributed by atoms with van der Waals surface area (Å²) < 4.78 is 10.6. The molecule has 0 radical (unpaired) electrons. The van der Waals surface area contributed by atoms with Gasteiger partial charge in [0.2, 0.25) is 0 Å². The van der Waals surface area contributed by atoms with Crippen LogP contribution in [0, 0.1) is 17.0 Å². The summed E-state index contributed by atoms with van der Waals surface area (Å²) in [6.07, 6.45) is 0. The lowest BCUT2D eigenvalue weighted by Gasteiger charge is -2.07. The number of rotatable bonds is 7. The number of furan rings is 1. The number of benzene rings is 2. The van der Waals surface area contributed by atoms with Crippen LogP contribution in [-0.4, -0.2) is 23.4 Å². The molecule has 0 aliphatic heterocycles. The van der Waals surface area contributed by atoms with Gasteiger partial charge in [-0.15, -0.1) is 0 Å². The molecular weight excluding hydrogens is 412 g/mol. The van der Waals surface area contributed by atoms with Crippen molar-refractivity contribution in [2.75, 3.05) is 6.61 Å². The van der Waals surface area contributed by atoms with Gasteiger partial charge in [-0.25, -0.2) is 4.79 Å². The minimum absolute atomic E-state index is 0.0918. The summed E-state index contributed by atoms with van der Waals surface area (Å²) in [7, 11) is 0. The molecule has 1 amide bonds. The van der Waals surface area contributed by atoms with Gasteiger partial charge in [0, 0.05) is 16.1 Å². The molecule has 0 unspecified atom stereocenters. The molecule has 0 atom stereocenters. The lowest BCUT2D eigenvalue weighted by Crippen LogP contribution is -2.28. The van der Waals surface area contributed by atoms with Crippen LogP contribution in [-0.2, 0) is 16.1 Å². The van der Waals surface area contributed by atoms with Crippen LogP contribution in [0.3, 0.4) is 0 Å². The number of hydrogen-bond acceptors (Lipinski definition) is 6. The van der Waals surface area contributed by atoms with E-state index in [1.807, 2.05) is 12.1 Å². The fraction of sp³-hybridized carbons (Fsp3) is 0.143. The quantitative estimate of drug-likeness (QED) is 0.341. The number of para-hydroxylation sites is 1. The highest BCUT2D eigenvalue weighted by Gasteiger charge is 2.24. The molecule has 0 aliphatic carbocycles. The zero-order valence-electron chi connectivity index (χ0n) is 15.9. The summed E-state index contributed by atoms with van der Waals surface area (Å²) >= 11 is 5.86. The minimum atomic E-state index is -0.941. The van der Waals surface area contributed by atoms with Crippen LogP contribution in [0.1, 0.15) is 21.7 Å². The molecule has 154 valence electrons. The predicted octanol–water partition coefficient (Wildman–Crippen LogP) is 4.29. The normalized spacial score (nSPS) is 10.5. The Kier molecular flexibility index (Phi) is 6.48. The summed E-state index contributed by atoms with van der Waals surface area (Å²) in [6, 6.07) is 14.9. The average Bonchev–Trinajstić information content (AvgIpc) is 3.19. The number of nitro benzene ring substituents is 1. The molecule has 0 bridgehead atoms. The van der Waals surface area contributed by atoms with Crippen LogP contribution < -0.4 is 5.32 Å². The zero-order chi connectivity index (χ0) is 21.7. The largest absolute Gasteiger partial charge is 0.459 e. The summed E-state index contributed by atoms with van der Waals surface area (Å²) in [6.45, 7) is 1.03. The monoisotopic (exact) mass is 428 g/mol. The van der Waals surface area contributed by atoms with Crippen molar-refractivity contribution in [3.8, 4) is 11.3 Å². The smallest absolute Gasteiger partial charge is 0.345 e. The molecule has 1 aromatic heterocycles. The number of halogens is 1. The highest BCUT2D eigenvalue weighted by molar-refractivity contribution is 6.30. The molecule has 0 spiro atoms. The van der Waals surface area contributed by atoms with Crippen LogP contribution >= 0.6 is 11.6 Å². The number of hydrogen-bond donors (Lipinski definition) is 1. The number of carbonyl (C=O) groups excluding carboxylic acids is 2. The van der Waals surface area contributed by atoms with E-state index in [-0.39, 0.29) is 17.8 Å². The van der Waals surface area contributed by atoms with E-state index in [1.54, 1.807) is 24.3 Å². The fourth-order valence-corrected chi connectivity index (χ4v) is 2.88. The van der Waals surface area contributed by atoms with E-state index in [9.17, 15) is 19.7 Å². The SMILES string of the molecule is Cc1cccc(C(=O)OCC(=O)NCc2ccc(-c3ccc(Cl)cc3)o2)c1[N+](=O)[O-]. The first-order valence-electron chi connectivity index (χ1n) is 8.87. The first kappa shape index (κ1) is 21.1. The zero-order valence-corrected chi connectivity index (χ0v) is 16.6. The van der Waals surface area contributed by atoms with Crippen molar-refractivity contribution in [2.45, 2.75) is 13.5 Å². The number of aryl methyl sites for hydroxylation is 1. The molecule has 0 saturated carbocycles. The average molecular weight is 429 g/mol. The number of carbonyl (C=O) groups is 2. The molecule has 0 saturated heterocycles. The molecule has 30 heavy (non-hydrogen) atoms. The highest BCUT2D eigenvalue weighted by atomic mass is 35.5. The number of nitrogens with one attached hydrogen (secondary N) is 1. The second kappa shape index (κ2) is 9.23. The van der Waals surface area contributed by atoms with Crippen molar-refractivity contribution in [1.29, 1.82) is 0 Å². The first-order chi connectivity index (χ1) is 14.3. The Labute approximate surface area is 176 Å². The lowest BCUT2D eigenvalue weighted by atomic mass is 10.1. The van der Waals surface area contributed by atoms with Gasteiger partial charge in [-0.2, -0.15) is 0 Å². The molecule has 3 rings (SSSR count). The highest BCUT2D eigenvalue weighted by Crippen LogP contribution is 2.24. The topological polar surface area (TPSA) is 112 Å². The molecule has 3 aromatic rings. The molecule has 0 fully saturated rings. The summed E-state index contributed by atoms with van der Waals surface area (Å²) in [5, 5.41) is 14.3. The van der Waals surface area contributed by atoms with Gasteiger partial charge in [0.1, 0.15) is 17.1 Å². The molecule has 1 heterocycles. The maximum Gasteiger partial charge on any atom is 0.345 e. The van der Waals surface area contributed by atoms with Crippen molar-refractivity contribution < 1.29 is 23.7 Å². The molecular formula is C21H17ClN2O6. The summed E-state index contributed by atoms with van der Waals surface area (Å²) in [5.41, 5.74) is 0.624. The van der Waals surface area contributed by atoms with Crippen molar-refractivity contribution in [1.82, 2.24) is 5.32 Å². The van der Waals surface area contributed by atoms with Crippen molar-refractivity contribution >= 4 is 29.2 Å². The third-order valence-electron chi connectivity index (χ3n) is 4.22. The van der Waals surface area contributed by atoms with Gasteiger partial charge in [-0.3, -0.25) is 14.9 Å². The van der Waals surface area contributed by atoms with Gasteiger partial charge in [0.25, 0.3) is 11.6 Å². The summed E-state index contributed by atoms with van der Waals surface area (Å²) in [4.78, 5) is 34.6. The number of esters is 1. The Bertz CT molecular complexity index is 1090. The van der Waals surface area contributed by atoms with Gasteiger partial charge in [-0.1, -0.05) is 23.7 Å². The van der Waals surface area contributed by atoms with Crippen LogP contribution in [0.4, 0.5) is 5.69 Å². The first-order valence-corrected chi connectivity index (χ1v) is 9.25. The molecule has 2 aromatic carbocycles. The standard InChI is InChI=1S/C21H17ClN2O6/c1-13-3-2-4-17(20(13)24(27)28)21(26)29-12-19(25)23-11-16-9-10-18(30-16)14-5-7-15(22)8-6-14/h2-10H,11-12H2,1H3,(H,23,25). The fourth-order valence-electron chi connectivity index (χ4n) is 2.75. The molecule has 0 aliphatic rings. The van der Waals surface area contributed by atoms with E-state index in [0.717, 1.165) is 5.56 Å². The maximum absolute atomic E-state index is 12.2. The number of amides is 1. The third-order valence-corrected chi connectivity index (χ3v) is 4.48. The lowest BCUT2D eigenvalue weighted by molar-refractivity contribution is -0.385. The van der Waals surface area contributed by atoms with Crippen LogP contribution in [0.2, 0.25) is 5.02 Å². The molecule has 8 nitrogen and oxygen atoms in total. The Hall–Kier alpha value is -3.65. The van der Waals surface area contributed by atoms with E-state index < -0.39 is 23.4 Å². The van der Waals surface area contributed by atoms with Gasteiger partial charge in [0.15, 0.2) is 6.61 Å². The molecule has 1 N–H and O–H groups in total.